The van der Waals surface area contributed by atoms with Gasteiger partial charge in [0, 0.05) is 43.4 Å². The fourth-order valence-corrected chi connectivity index (χ4v) is 5.35. The number of urea groups is 1. The van der Waals surface area contributed by atoms with E-state index in [1.54, 1.807) is 4.90 Å². The summed E-state index contributed by atoms with van der Waals surface area (Å²) in [4.78, 5) is 19.6. The molecule has 0 unspecified atom stereocenters. The molecule has 0 bridgehead atoms. The number of aliphatic hydroxyl groups is 1. The minimum Gasteiger partial charge on any atom is -0.493 e. The number of carbonyl (C=O) groups is 1. The minimum absolute atomic E-state index is 0.0396. The summed E-state index contributed by atoms with van der Waals surface area (Å²) in [5, 5.41) is 18.5. The number of halogens is 3. The van der Waals surface area contributed by atoms with Crippen molar-refractivity contribution in [1.82, 2.24) is 25.0 Å². The highest BCUT2D eigenvalue weighted by molar-refractivity contribution is 5.76. The first kappa shape index (κ1) is 21.7. The van der Waals surface area contributed by atoms with Crippen LogP contribution in [0.2, 0.25) is 0 Å². The van der Waals surface area contributed by atoms with Gasteiger partial charge in [-0.1, -0.05) is 0 Å². The normalized spacial score (nSPS) is 23.3. The summed E-state index contributed by atoms with van der Waals surface area (Å²) < 4.78 is 43.5. The van der Waals surface area contributed by atoms with Gasteiger partial charge in [0.1, 0.15) is 17.2 Å². The van der Waals surface area contributed by atoms with E-state index in [4.69, 9.17) is 4.74 Å². The van der Waals surface area contributed by atoms with Gasteiger partial charge < -0.3 is 24.6 Å². The Bertz CT molecular complexity index is 1080. The lowest BCUT2D eigenvalue weighted by atomic mass is 9.57. The molecule has 2 saturated heterocycles. The number of aromatic amines is 1. The molecule has 2 aliphatic heterocycles. The molecule has 2 amide bonds. The SMILES string of the molecule is O=C(N1CC(COc2ccc(C(F)(F)F)cc2)C1)N1CC2(CC(c3nnc(C4(O)CC4)[nH]3)C2)C1. The molecule has 1 aromatic heterocycles. The number of rotatable bonds is 5. The highest BCUT2D eigenvalue weighted by Gasteiger charge is 2.56. The van der Waals surface area contributed by atoms with E-state index in [1.165, 1.54) is 12.1 Å². The van der Waals surface area contributed by atoms with E-state index in [0.29, 0.717) is 37.2 Å². The van der Waals surface area contributed by atoms with Crippen molar-refractivity contribution < 1.29 is 27.8 Å². The van der Waals surface area contributed by atoms with Gasteiger partial charge in [-0.3, -0.25) is 0 Å². The van der Waals surface area contributed by atoms with Gasteiger partial charge in [-0.15, -0.1) is 10.2 Å². The summed E-state index contributed by atoms with van der Waals surface area (Å²) in [5.74, 6) is 2.29. The van der Waals surface area contributed by atoms with E-state index >= 15 is 0 Å². The number of nitrogens with one attached hydrogen (secondary N) is 1. The first-order chi connectivity index (χ1) is 16.1. The zero-order valence-corrected chi connectivity index (χ0v) is 18.5. The van der Waals surface area contributed by atoms with E-state index in [0.717, 1.165) is 56.7 Å². The number of benzene rings is 1. The van der Waals surface area contributed by atoms with Crippen LogP contribution in [0.1, 0.15) is 48.8 Å². The fraction of sp³-hybridized carbons (Fsp3) is 0.609. The Kier molecular flexibility index (Phi) is 4.68. The van der Waals surface area contributed by atoms with Crippen LogP contribution in [-0.2, 0) is 11.8 Å². The summed E-state index contributed by atoms with van der Waals surface area (Å²) in [6.45, 7) is 3.05. The number of ether oxygens (including phenoxy) is 1. The molecule has 0 atom stereocenters. The van der Waals surface area contributed by atoms with Crippen molar-refractivity contribution in [3.63, 3.8) is 0 Å². The van der Waals surface area contributed by atoms with E-state index < -0.39 is 17.3 Å². The molecule has 6 rings (SSSR count). The lowest BCUT2D eigenvalue weighted by molar-refractivity contribution is -0.137. The number of H-pyrrole nitrogens is 1. The maximum absolute atomic E-state index is 12.7. The molecular formula is C23H26F3N5O3. The Balaban J connectivity index is 0.911. The van der Waals surface area contributed by atoms with Crippen molar-refractivity contribution >= 4 is 6.03 Å². The number of likely N-dealkylation sites (tertiary alicyclic amines) is 2. The van der Waals surface area contributed by atoms with Gasteiger partial charge in [-0.2, -0.15) is 13.2 Å². The largest absolute Gasteiger partial charge is 0.493 e. The average Bonchev–Trinajstić information content (AvgIpc) is 3.25. The second-order valence-electron chi connectivity index (χ2n) is 10.4. The summed E-state index contributed by atoms with van der Waals surface area (Å²) in [6, 6.07) is 4.70. The molecule has 3 heterocycles. The zero-order chi connectivity index (χ0) is 23.7. The summed E-state index contributed by atoms with van der Waals surface area (Å²) in [7, 11) is 0. The second kappa shape index (κ2) is 7.34. The second-order valence-corrected chi connectivity index (χ2v) is 10.4. The number of alkyl halides is 3. The van der Waals surface area contributed by atoms with Gasteiger partial charge in [0.2, 0.25) is 0 Å². The minimum atomic E-state index is -4.36. The van der Waals surface area contributed by atoms with Gasteiger partial charge in [0.05, 0.1) is 12.2 Å². The van der Waals surface area contributed by atoms with Gasteiger partial charge in [0.15, 0.2) is 5.82 Å². The van der Waals surface area contributed by atoms with Crippen molar-refractivity contribution in [1.29, 1.82) is 0 Å². The smallest absolute Gasteiger partial charge is 0.416 e. The third-order valence-electron chi connectivity index (χ3n) is 7.63. The summed E-state index contributed by atoms with van der Waals surface area (Å²) in [5.41, 5.74) is -1.34. The van der Waals surface area contributed by atoms with Crippen LogP contribution in [0.3, 0.4) is 0 Å². The lowest BCUT2D eigenvalue weighted by Gasteiger charge is -2.59. The number of carbonyl (C=O) groups excluding carboxylic acids is 1. The van der Waals surface area contributed by atoms with E-state index in [-0.39, 0.29) is 17.4 Å². The Labute approximate surface area is 194 Å². The molecule has 11 heteroatoms. The van der Waals surface area contributed by atoms with Crippen molar-refractivity contribution in [3.8, 4) is 5.75 Å². The first-order valence-corrected chi connectivity index (χ1v) is 11.6. The predicted octanol–water partition coefficient (Wildman–Crippen LogP) is 3.12. The molecule has 4 fully saturated rings. The third kappa shape index (κ3) is 3.79. The highest BCUT2D eigenvalue weighted by atomic mass is 19.4. The number of hydrogen-bond donors (Lipinski definition) is 2. The van der Waals surface area contributed by atoms with E-state index in [1.807, 2.05) is 4.90 Å². The van der Waals surface area contributed by atoms with Crippen molar-refractivity contribution in [2.45, 2.75) is 43.4 Å². The summed E-state index contributed by atoms with van der Waals surface area (Å²) >= 11 is 0. The van der Waals surface area contributed by atoms with Crippen molar-refractivity contribution in [3.05, 3.63) is 41.5 Å². The number of amides is 2. The van der Waals surface area contributed by atoms with Gasteiger partial charge >= 0.3 is 12.2 Å². The Morgan fingerprint density at radius 2 is 1.79 bits per heavy atom. The molecule has 1 aromatic carbocycles. The first-order valence-electron chi connectivity index (χ1n) is 11.6. The predicted molar refractivity (Wildman–Crippen MR) is 113 cm³/mol. The monoisotopic (exact) mass is 477 g/mol. The molecule has 2 saturated carbocycles. The van der Waals surface area contributed by atoms with E-state index in [9.17, 15) is 23.1 Å². The molecule has 4 aliphatic rings. The van der Waals surface area contributed by atoms with Crippen LogP contribution in [0.15, 0.2) is 24.3 Å². The number of aromatic nitrogens is 3. The van der Waals surface area contributed by atoms with Crippen molar-refractivity contribution in [2.24, 2.45) is 11.3 Å². The topological polar surface area (TPSA) is 94.6 Å². The maximum atomic E-state index is 12.7. The highest BCUT2D eigenvalue weighted by Crippen LogP contribution is 2.56. The third-order valence-corrected chi connectivity index (χ3v) is 7.63. The van der Waals surface area contributed by atoms with Crippen LogP contribution >= 0.6 is 0 Å². The maximum Gasteiger partial charge on any atom is 0.416 e. The van der Waals surface area contributed by atoms with Crippen LogP contribution in [0.25, 0.3) is 0 Å². The van der Waals surface area contributed by atoms with Crippen LogP contribution in [0, 0.1) is 11.3 Å². The zero-order valence-electron chi connectivity index (χ0n) is 18.5. The molecule has 2 aliphatic carbocycles. The molecular weight excluding hydrogens is 451 g/mol. The molecule has 0 radical (unpaired) electrons. The van der Waals surface area contributed by atoms with Crippen LogP contribution in [0.4, 0.5) is 18.0 Å². The van der Waals surface area contributed by atoms with Gasteiger partial charge in [-0.25, -0.2) is 4.79 Å². The number of hydrogen-bond acceptors (Lipinski definition) is 5. The molecule has 2 N–H and O–H groups in total. The Hall–Kier alpha value is -2.82. The van der Waals surface area contributed by atoms with Crippen LogP contribution in [-0.4, -0.2) is 68.9 Å². The Morgan fingerprint density at radius 1 is 1.12 bits per heavy atom. The Morgan fingerprint density at radius 3 is 2.41 bits per heavy atom. The molecule has 2 aromatic rings. The van der Waals surface area contributed by atoms with Crippen LogP contribution < -0.4 is 4.74 Å². The molecule has 1 spiro atoms. The van der Waals surface area contributed by atoms with Gasteiger partial charge in [0.25, 0.3) is 0 Å². The fourth-order valence-electron chi connectivity index (χ4n) is 5.35. The standard InChI is InChI=1S/C23H26F3N5O3/c24-23(25,26)16-1-3-17(4-2-16)34-11-14-9-30(10-14)20(32)31-12-21(13-31)7-15(8-21)18-27-19(29-28-18)22(33)5-6-22/h1-4,14-15,33H,5-13H2,(H,27,28,29). The quantitative estimate of drug-likeness (QED) is 0.690. The van der Waals surface area contributed by atoms with Crippen molar-refractivity contribution in [2.75, 3.05) is 32.8 Å². The van der Waals surface area contributed by atoms with E-state index in [2.05, 4.69) is 15.2 Å². The lowest BCUT2D eigenvalue weighted by Crippen LogP contribution is -2.67. The average molecular weight is 477 g/mol. The molecule has 8 nitrogen and oxygen atoms in total. The summed E-state index contributed by atoms with van der Waals surface area (Å²) in [6.07, 6.45) is -0.972. The number of nitrogens with zero attached hydrogens (tertiary/aromatic N) is 4. The molecule has 182 valence electrons. The van der Waals surface area contributed by atoms with Gasteiger partial charge in [-0.05, 0) is 49.9 Å². The molecule has 34 heavy (non-hydrogen) atoms. The van der Waals surface area contributed by atoms with Crippen LogP contribution in [0.5, 0.6) is 5.75 Å².